The summed E-state index contributed by atoms with van der Waals surface area (Å²) in [6, 6.07) is 0. The molecule has 0 aromatic heterocycles. The average Bonchev–Trinajstić information content (AvgIpc) is 2.62. The maximum Gasteiger partial charge on any atom is 0.0666 e. The molecule has 96 valence electrons. The van der Waals surface area contributed by atoms with Crippen molar-refractivity contribution < 1.29 is 4.74 Å². The molecule has 2 atom stereocenters. The van der Waals surface area contributed by atoms with Gasteiger partial charge in [0.1, 0.15) is 0 Å². The van der Waals surface area contributed by atoms with Crippen molar-refractivity contribution in [1.29, 1.82) is 0 Å². The third-order valence-electron chi connectivity index (χ3n) is 2.88. The summed E-state index contributed by atoms with van der Waals surface area (Å²) in [4.78, 5) is 2.23. The quantitative estimate of drug-likeness (QED) is 0.655. The Kier molecular flexibility index (Phi) is 7.45. The summed E-state index contributed by atoms with van der Waals surface area (Å²) >= 11 is 2.06. The zero-order valence-electron chi connectivity index (χ0n) is 10.9. The summed E-state index contributed by atoms with van der Waals surface area (Å²) in [7, 11) is 4.24. The van der Waals surface area contributed by atoms with Crippen molar-refractivity contribution in [3.8, 4) is 0 Å². The fraction of sp³-hybridized carbons (Fsp3) is 1.00. The second-order valence-electron chi connectivity index (χ2n) is 4.68. The molecule has 1 N–H and O–H groups in total. The summed E-state index contributed by atoms with van der Waals surface area (Å²) in [6.07, 6.45) is 2.92. The van der Waals surface area contributed by atoms with E-state index in [0.717, 1.165) is 24.9 Å². The molecule has 16 heavy (non-hydrogen) atoms. The molecule has 1 rings (SSSR count). The van der Waals surface area contributed by atoms with Crippen LogP contribution in [0.15, 0.2) is 0 Å². The molecule has 0 amide bonds. The molecule has 0 spiro atoms. The normalized spacial score (nSPS) is 25.5. The van der Waals surface area contributed by atoms with Gasteiger partial charge >= 0.3 is 0 Å². The Balaban J connectivity index is 1.84. The molecule has 0 saturated carbocycles. The van der Waals surface area contributed by atoms with E-state index < -0.39 is 0 Å². The number of nitrogens with one attached hydrogen (secondary N) is 1. The molecule has 1 fully saturated rings. The minimum atomic E-state index is 0.457. The van der Waals surface area contributed by atoms with Crippen molar-refractivity contribution >= 4 is 11.8 Å². The number of thioether (sulfide) groups is 1. The third-order valence-corrected chi connectivity index (χ3v) is 4.36. The van der Waals surface area contributed by atoms with Crippen LogP contribution in [-0.4, -0.2) is 62.3 Å². The monoisotopic (exact) mass is 246 g/mol. The summed E-state index contributed by atoms with van der Waals surface area (Å²) in [5.74, 6) is 1.21. The molecule has 1 heterocycles. The Bertz CT molecular complexity index is 178. The van der Waals surface area contributed by atoms with Crippen molar-refractivity contribution in [3.63, 3.8) is 0 Å². The maximum atomic E-state index is 5.54. The van der Waals surface area contributed by atoms with Gasteiger partial charge in [0.05, 0.1) is 6.10 Å². The zero-order chi connectivity index (χ0) is 11.8. The van der Waals surface area contributed by atoms with E-state index in [1.54, 1.807) is 0 Å². The predicted molar refractivity (Wildman–Crippen MR) is 72.3 cm³/mol. The van der Waals surface area contributed by atoms with E-state index in [0.29, 0.717) is 6.10 Å². The van der Waals surface area contributed by atoms with Crippen LogP contribution in [0.5, 0.6) is 0 Å². The Morgan fingerprint density at radius 1 is 1.38 bits per heavy atom. The topological polar surface area (TPSA) is 24.5 Å². The zero-order valence-corrected chi connectivity index (χ0v) is 11.7. The van der Waals surface area contributed by atoms with Crippen molar-refractivity contribution in [3.05, 3.63) is 0 Å². The number of hydrogen-bond donors (Lipinski definition) is 1. The van der Waals surface area contributed by atoms with Gasteiger partial charge in [0.15, 0.2) is 0 Å². The molecule has 0 aliphatic carbocycles. The van der Waals surface area contributed by atoms with Gasteiger partial charge in [0.25, 0.3) is 0 Å². The van der Waals surface area contributed by atoms with Gasteiger partial charge in [-0.05, 0) is 47.0 Å². The molecule has 0 radical (unpaired) electrons. The first-order valence-corrected chi connectivity index (χ1v) is 7.33. The molecule has 3 nitrogen and oxygen atoms in total. The molecular weight excluding hydrogens is 220 g/mol. The maximum absolute atomic E-state index is 5.54. The van der Waals surface area contributed by atoms with Gasteiger partial charge < -0.3 is 15.0 Å². The number of rotatable bonds is 8. The number of nitrogens with zero attached hydrogens (tertiary/aromatic N) is 1. The lowest BCUT2D eigenvalue weighted by atomic mass is 10.3. The average molecular weight is 246 g/mol. The van der Waals surface area contributed by atoms with Crippen LogP contribution in [0.2, 0.25) is 0 Å². The van der Waals surface area contributed by atoms with Crippen LogP contribution in [-0.2, 0) is 4.74 Å². The highest BCUT2D eigenvalue weighted by atomic mass is 32.2. The van der Waals surface area contributed by atoms with E-state index in [-0.39, 0.29) is 0 Å². The van der Waals surface area contributed by atoms with E-state index in [4.69, 9.17) is 4.74 Å². The second kappa shape index (κ2) is 8.34. The van der Waals surface area contributed by atoms with Gasteiger partial charge in [-0.1, -0.05) is 0 Å². The minimum absolute atomic E-state index is 0.457. The van der Waals surface area contributed by atoms with Gasteiger partial charge in [-0.25, -0.2) is 0 Å². The highest BCUT2D eigenvalue weighted by Crippen LogP contribution is 2.25. The Hall–Kier alpha value is 0.230. The molecule has 1 saturated heterocycles. The van der Waals surface area contributed by atoms with Crippen molar-refractivity contribution in [1.82, 2.24) is 10.2 Å². The van der Waals surface area contributed by atoms with Crippen LogP contribution in [0, 0.1) is 0 Å². The highest BCUT2D eigenvalue weighted by Gasteiger charge is 2.23. The highest BCUT2D eigenvalue weighted by molar-refractivity contribution is 8.00. The van der Waals surface area contributed by atoms with E-state index in [1.807, 2.05) is 0 Å². The smallest absolute Gasteiger partial charge is 0.0666 e. The van der Waals surface area contributed by atoms with Gasteiger partial charge in [0.2, 0.25) is 0 Å². The molecule has 0 bridgehead atoms. The molecule has 2 unspecified atom stereocenters. The Morgan fingerprint density at radius 2 is 2.19 bits per heavy atom. The lowest BCUT2D eigenvalue weighted by Crippen LogP contribution is -2.24. The molecule has 1 aliphatic rings. The largest absolute Gasteiger partial charge is 0.377 e. The SMILES string of the molecule is CC1OCCC1SCCNCCCN(C)C. The van der Waals surface area contributed by atoms with Crippen LogP contribution in [0.3, 0.4) is 0 Å². The first-order valence-electron chi connectivity index (χ1n) is 6.29. The van der Waals surface area contributed by atoms with Crippen molar-refractivity contribution in [2.24, 2.45) is 0 Å². The van der Waals surface area contributed by atoms with E-state index in [2.05, 4.69) is 43.0 Å². The lowest BCUT2D eigenvalue weighted by Gasteiger charge is -2.14. The first-order chi connectivity index (χ1) is 7.70. The predicted octanol–water partition coefficient (Wildman–Crippen LogP) is 1.44. The van der Waals surface area contributed by atoms with Crippen molar-refractivity contribution in [2.75, 3.05) is 46.1 Å². The van der Waals surface area contributed by atoms with Crippen molar-refractivity contribution in [2.45, 2.75) is 31.1 Å². The van der Waals surface area contributed by atoms with Gasteiger partial charge in [-0.2, -0.15) is 11.8 Å². The molecule has 0 aromatic carbocycles. The summed E-state index contributed by atoms with van der Waals surface area (Å²) in [6.45, 7) is 6.58. The summed E-state index contributed by atoms with van der Waals surface area (Å²) in [5, 5.41) is 4.22. The van der Waals surface area contributed by atoms with Crippen LogP contribution >= 0.6 is 11.8 Å². The van der Waals surface area contributed by atoms with Gasteiger partial charge in [0, 0.05) is 24.2 Å². The summed E-state index contributed by atoms with van der Waals surface area (Å²) < 4.78 is 5.54. The van der Waals surface area contributed by atoms with E-state index in [9.17, 15) is 0 Å². The molecule has 4 heteroatoms. The molecule has 0 aromatic rings. The minimum Gasteiger partial charge on any atom is -0.377 e. The summed E-state index contributed by atoms with van der Waals surface area (Å²) in [5.41, 5.74) is 0. The number of hydrogen-bond acceptors (Lipinski definition) is 4. The van der Waals surface area contributed by atoms with Crippen LogP contribution in [0.4, 0.5) is 0 Å². The van der Waals surface area contributed by atoms with Crippen LogP contribution in [0.25, 0.3) is 0 Å². The fourth-order valence-corrected chi connectivity index (χ4v) is 3.04. The van der Waals surface area contributed by atoms with E-state index >= 15 is 0 Å². The first kappa shape index (κ1) is 14.3. The van der Waals surface area contributed by atoms with E-state index in [1.165, 1.54) is 25.1 Å². The molecule has 1 aliphatic heterocycles. The molecular formula is C12H26N2OS. The third kappa shape index (κ3) is 6.09. The van der Waals surface area contributed by atoms with Gasteiger partial charge in [-0.15, -0.1) is 0 Å². The number of ether oxygens (including phenoxy) is 1. The Morgan fingerprint density at radius 3 is 2.81 bits per heavy atom. The van der Waals surface area contributed by atoms with Crippen LogP contribution in [0.1, 0.15) is 19.8 Å². The lowest BCUT2D eigenvalue weighted by molar-refractivity contribution is 0.127. The standard InChI is InChI=1S/C12H26N2OS/c1-11-12(5-9-15-11)16-10-7-13-6-4-8-14(2)3/h11-13H,4-10H2,1-3H3. The van der Waals surface area contributed by atoms with Crippen LogP contribution < -0.4 is 5.32 Å². The second-order valence-corrected chi connectivity index (χ2v) is 6.03. The van der Waals surface area contributed by atoms with Gasteiger partial charge in [-0.3, -0.25) is 0 Å². The fourth-order valence-electron chi connectivity index (χ4n) is 1.86. The Labute approximate surface area is 104 Å².